The molecular weight excluding hydrogens is 304 g/mol. The Kier molecular flexibility index (Phi) is 12.3. The van der Waals surface area contributed by atoms with Crippen LogP contribution < -0.4 is 0 Å². The van der Waals surface area contributed by atoms with E-state index in [4.69, 9.17) is 0 Å². The first-order valence-electron chi connectivity index (χ1n) is 9.57. The molecule has 0 amide bonds. The van der Waals surface area contributed by atoms with Gasteiger partial charge in [0, 0.05) is 0 Å². The number of carboxylic acids is 2. The SMILES string of the molecule is CCCCCCC(C)/C(C(=O)O)=C(/C(=O)O)C(C)CCCCCC. The van der Waals surface area contributed by atoms with Crippen molar-refractivity contribution in [2.24, 2.45) is 11.8 Å². The van der Waals surface area contributed by atoms with Crippen LogP contribution in [-0.4, -0.2) is 22.2 Å². The fourth-order valence-corrected chi connectivity index (χ4v) is 3.23. The molecule has 0 aromatic rings. The molecule has 0 saturated heterocycles. The van der Waals surface area contributed by atoms with Gasteiger partial charge in [-0.3, -0.25) is 0 Å². The molecule has 0 fully saturated rings. The lowest BCUT2D eigenvalue weighted by Gasteiger charge is -2.20. The molecule has 0 aromatic carbocycles. The maximum absolute atomic E-state index is 11.7. The van der Waals surface area contributed by atoms with Gasteiger partial charge in [-0.1, -0.05) is 79.1 Å². The van der Waals surface area contributed by atoms with Crippen LogP contribution in [0.3, 0.4) is 0 Å². The van der Waals surface area contributed by atoms with Gasteiger partial charge in [0.05, 0.1) is 11.1 Å². The minimum atomic E-state index is -1.07. The Hall–Kier alpha value is -1.32. The third kappa shape index (κ3) is 8.51. The van der Waals surface area contributed by atoms with Crippen LogP contribution in [-0.2, 0) is 9.59 Å². The lowest BCUT2D eigenvalue weighted by Crippen LogP contribution is -2.21. The molecule has 0 bridgehead atoms. The molecule has 2 unspecified atom stereocenters. The van der Waals surface area contributed by atoms with Gasteiger partial charge in [-0.2, -0.15) is 0 Å². The summed E-state index contributed by atoms with van der Waals surface area (Å²) < 4.78 is 0. The fourth-order valence-electron chi connectivity index (χ4n) is 3.23. The lowest BCUT2D eigenvalue weighted by atomic mass is 9.84. The Morgan fingerprint density at radius 1 is 0.667 bits per heavy atom. The third-order valence-corrected chi connectivity index (χ3v) is 4.72. The van der Waals surface area contributed by atoms with Gasteiger partial charge in [0.2, 0.25) is 0 Å². The maximum Gasteiger partial charge on any atom is 0.332 e. The Bertz CT molecular complexity index is 374. The molecule has 0 aliphatic carbocycles. The number of hydrogen-bond acceptors (Lipinski definition) is 2. The molecule has 2 N–H and O–H groups in total. The molecule has 0 saturated carbocycles. The van der Waals surface area contributed by atoms with Crippen molar-refractivity contribution in [1.29, 1.82) is 0 Å². The number of carbonyl (C=O) groups is 2. The fraction of sp³-hybridized carbons (Fsp3) is 0.800. The van der Waals surface area contributed by atoms with E-state index in [-0.39, 0.29) is 23.0 Å². The second-order valence-electron chi connectivity index (χ2n) is 6.94. The van der Waals surface area contributed by atoms with Crippen molar-refractivity contribution < 1.29 is 19.8 Å². The van der Waals surface area contributed by atoms with Gasteiger partial charge < -0.3 is 10.2 Å². The van der Waals surface area contributed by atoms with E-state index in [9.17, 15) is 19.8 Å². The summed E-state index contributed by atoms with van der Waals surface area (Å²) in [7, 11) is 0. The van der Waals surface area contributed by atoms with Gasteiger partial charge in [0.1, 0.15) is 0 Å². The molecule has 0 aliphatic heterocycles. The van der Waals surface area contributed by atoms with Crippen LogP contribution in [0.1, 0.15) is 91.9 Å². The average molecular weight is 341 g/mol. The molecule has 4 nitrogen and oxygen atoms in total. The minimum Gasteiger partial charge on any atom is -0.478 e. The highest BCUT2D eigenvalue weighted by molar-refractivity contribution is 5.99. The molecule has 0 aliphatic rings. The summed E-state index contributed by atoms with van der Waals surface area (Å²) in [5.74, 6) is -2.58. The highest BCUT2D eigenvalue weighted by Gasteiger charge is 2.28. The largest absolute Gasteiger partial charge is 0.478 e. The Morgan fingerprint density at radius 3 is 1.25 bits per heavy atom. The summed E-state index contributed by atoms with van der Waals surface area (Å²) in [5.41, 5.74) is 0.226. The van der Waals surface area contributed by atoms with Crippen molar-refractivity contribution >= 4 is 11.9 Å². The standard InChI is InChI=1S/C20H36O4/c1-5-7-9-11-13-15(3)17(19(21)22)18(20(23)24)16(4)14-12-10-8-6-2/h15-16H,5-14H2,1-4H3,(H,21,22)(H,23,24)/b18-17-. The monoisotopic (exact) mass is 340 g/mol. The van der Waals surface area contributed by atoms with Crippen LogP contribution in [0.2, 0.25) is 0 Å². The van der Waals surface area contributed by atoms with Crippen molar-refractivity contribution in [2.45, 2.75) is 91.9 Å². The van der Waals surface area contributed by atoms with Crippen molar-refractivity contribution in [3.8, 4) is 0 Å². The first-order chi connectivity index (χ1) is 11.4. The van der Waals surface area contributed by atoms with Crippen LogP contribution in [0.4, 0.5) is 0 Å². The molecule has 140 valence electrons. The van der Waals surface area contributed by atoms with Crippen LogP contribution in [0.15, 0.2) is 11.1 Å². The molecule has 0 radical (unpaired) electrons. The quantitative estimate of drug-likeness (QED) is 0.316. The van der Waals surface area contributed by atoms with Gasteiger partial charge in [0.15, 0.2) is 0 Å². The van der Waals surface area contributed by atoms with Crippen LogP contribution >= 0.6 is 0 Å². The Morgan fingerprint density at radius 2 is 1.00 bits per heavy atom. The zero-order valence-electron chi connectivity index (χ0n) is 15.9. The van der Waals surface area contributed by atoms with E-state index in [2.05, 4.69) is 13.8 Å². The molecule has 4 heteroatoms. The molecule has 24 heavy (non-hydrogen) atoms. The number of carboxylic acid groups (broad SMARTS) is 2. The molecular formula is C20H36O4. The molecule has 0 aromatic heterocycles. The number of hydrogen-bond donors (Lipinski definition) is 2. The molecule has 0 rings (SSSR count). The number of aliphatic carboxylic acids is 2. The second-order valence-corrected chi connectivity index (χ2v) is 6.94. The molecule has 0 heterocycles. The smallest absolute Gasteiger partial charge is 0.332 e. The van der Waals surface area contributed by atoms with Gasteiger partial charge in [0.25, 0.3) is 0 Å². The minimum absolute atomic E-state index is 0.113. The first kappa shape index (κ1) is 22.7. The zero-order chi connectivity index (χ0) is 18.5. The summed E-state index contributed by atoms with van der Waals surface area (Å²) in [4.78, 5) is 23.5. The maximum atomic E-state index is 11.7. The predicted octanol–water partition coefficient (Wildman–Crippen LogP) is 5.67. The second kappa shape index (κ2) is 13.0. The van der Waals surface area contributed by atoms with Crippen LogP contribution in [0.25, 0.3) is 0 Å². The van der Waals surface area contributed by atoms with E-state index in [1.165, 1.54) is 0 Å². The summed E-state index contributed by atoms with van der Waals surface area (Å²) in [6.07, 6.45) is 10.0. The van der Waals surface area contributed by atoms with E-state index in [0.29, 0.717) is 0 Å². The van der Waals surface area contributed by atoms with E-state index in [0.717, 1.165) is 64.2 Å². The molecule has 2 atom stereocenters. The molecule has 0 spiro atoms. The highest BCUT2D eigenvalue weighted by atomic mass is 16.4. The van der Waals surface area contributed by atoms with E-state index in [1.807, 2.05) is 13.8 Å². The van der Waals surface area contributed by atoms with Gasteiger partial charge >= 0.3 is 11.9 Å². The highest BCUT2D eigenvalue weighted by Crippen LogP contribution is 2.29. The van der Waals surface area contributed by atoms with Crippen LogP contribution in [0.5, 0.6) is 0 Å². The summed E-state index contributed by atoms with van der Waals surface area (Å²) in [6, 6.07) is 0. The predicted molar refractivity (Wildman–Crippen MR) is 98.1 cm³/mol. The van der Waals surface area contributed by atoms with Crippen LogP contribution in [0, 0.1) is 11.8 Å². The summed E-state index contributed by atoms with van der Waals surface area (Å²) >= 11 is 0. The van der Waals surface area contributed by atoms with E-state index in [1.54, 1.807) is 0 Å². The summed E-state index contributed by atoms with van der Waals surface area (Å²) in [5, 5.41) is 19.2. The normalized spacial score (nSPS) is 14.8. The number of rotatable bonds is 14. The van der Waals surface area contributed by atoms with Gasteiger partial charge in [-0.15, -0.1) is 0 Å². The average Bonchev–Trinajstić information content (AvgIpc) is 2.52. The van der Waals surface area contributed by atoms with Crippen molar-refractivity contribution in [3.63, 3.8) is 0 Å². The number of unbranched alkanes of at least 4 members (excludes halogenated alkanes) is 6. The van der Waals surface area contributed by atoms with E-state index < -0.39 is 11.9 Å². The third-order valence-electron chi connectivity index (χ3n) is 4.72. The topological polar surface area (TPSA) is 74.6 Å². The van der Waals surface area contributed by atoms with Crippen molar-refractivity contribution in [3.05, 3.63) is 11.1 Å². The Labute approximate surface area is 147 Å². The van der Waals surface area contributed by atoms with Crippen molar-refractivity contribution in [1.82, 2.24) is 0 Å². The van der Waals surface area contributed by atoms with Gasteiger partial charge in [-0.05, 0) is 24.7 Å². The van der Waals surface area contributed by atoms with Gasteiger partial charge in [-0.25, -0.2) is 9.59 Å². The van der Waals surface area contributed by atoms with E-state index >= 15 is 0 Å². The Balaban J connectivity index is 5.12. The van der Waals surface area contributed by atoms with Crippen molar-refractivity contribution in [2.75, 3.05) is 0 Å². The zero-order valence-corrected chi connectivity index (χ0v) is 15.9. The lowest BCUT2D eigenvalue weighted by molar-refractivity contribution is -0.136. The summed E-state index contributed by atoms with van der Waals surface area (Å²) in [6.45, 7) is 7.97. The first-order valence-corrected chi connectivity index (χ1v) is 9.57.